The van der Waals surface area contributed by atoms with Crippen LogP contribution >= 0.6 is 11.3 Å². The summed E-state index contributed by atoms with van der Waals surface area (Å²) < 4.78 is 5.36. The Morgan fingerprint density at radius 3 is 2.56 bits per heavy atom. The Morgan fingerprint density at radius 1 is 1.11 bits per heavy atom. The van der Waals surface area contributed by atoms with Crippen molar-refractivity contribution in [3.8, 4) is 0 Å². The average molecular weight is 393 g/mol. The number of aryl methyl sites for hydroxylation is 1. The number of nitrogens with zero attached hydrogens (tertiary/aromatic N) is 4. The molecule has 8 heteroatoms. The van der Waals surface area contributed by atoms with Crippen molar-refractivity contribution in [1.29, 1.82) is 0 Å². The molecule has 27 heavy (non-hydrogen) atoms. The van der Waals surface area contributed by atoms with Crippen molar-refractivity contribution in [1.82, 2.24) is 14.8 Å². The van der Waals surface area contributed by atoms with Crippen LogP contribution in [0.15, 0.2) is 0 Å². The van der Waals surface area contributed by atoms with E-state index in [9.17, 15) is 9.59 Å². The summed E-state index contributed by atoms with van der Waals surface area (Å²) in [5.41, 5.74) is 1.17. The molecule has 0 spiro atoms. The number of carbonyl (C=O) groups excluding carboxylic acids is 2. The number of hydrogen-bond donors (Lipinski definition) is 0. The number of piperazine rings is 1. The highest BCUT2D eigenvalue weighted by Gasteiger charge is 2.32. The van der Waals surface area contributed by atoms with Crippen LogP contribution in [0.1, 0.15) is 30.3 Å². The van der Waals surface area contributed by atoms with E-state index in [1.165, 1.54) is 10.6 Å². The minimum atomic E-state index is 0.0860. The maximum atomic E-state index is 12.8. The molecule has 0 N–H and O–H groups in total. The molecule has 2 amide bonds. The fourth-order valence-corrected chi connectivity index (χ4v) is 5.36. The van der Waals surface area contributed by atoms with Crippen LogP contribution in [0.3, 0.4) is 0 Å². The van der Waals surface area contributed by atoms with Crippen LogP contribution in [0.5, 0.6) is 0 Å². The van der Waals surface area contributed by atoms with Gasteiger partial charge in [-0.15, -0.1) is 11.3 Å². The molecule has 1 aromatic rings. The SMILES string of the molecule is CCC(=O)N1CCN(c2nc3c(s2)C[C@@H](C(=O)N2CCOCC2)CC3)CC1. The van der Waals surface area contributed by atoms with Crippen molar-refractivity contribution in [3.63, 3.8) is 0 Å². The van der Waals surface area contributed by atoms with Gasteiger partial charge in [0.15, 0.2) is 5.13 Å². The smallest absolute Gasteiger partial charge is 0.226 e. The zero-order valence-electron chi connectivity index (χ0n) is 16.0. The van der Waals surface area contributed by atoms with Gasteiger partial charge < -0.3 is 19.4 Å². The number of fused-ring (bicyclic) bond motifs is 1. The van der Waals surface area contributed by atoms with E-state index in [2.05, 4.69) is 4.90 Å². The number of thiazole rings is 1. The normalized spacial score (nSPS) is 23.3. The van der Waals surface area contributed by atoms with Crippen LogP contribution < -0.4 is 4.90 Å². The van der Waals surface area contributed by atoms with Crippen LogP contribution in [0.4, 0.5) is 5.13 Å². The van der Waals surface area contributed by atoms with Crippen LogP contribution in [-0.2, 0) is 27.2 Å². The summed E-state index contributed by atoms with van der Waals surface area (Å²) in [6.45, 7) is 7.89. The number of morpholine rings is 1. The number of hydrogen-bond acceptors (Lipinski definition) is 6. The van der Waals surface area contributed by atoms with Crippen molar-refractivity contribution < 1.29 is 14.3 Å². The fourth-order valence-electron chi connectivity index (χ4n) is 4.12. The minimum absolute atomic E-state index is 0.0860. The van der Waals surface area contributed by atoms with Crippen LogP contribution in [0, 0.1) is 5.92 Å². The number of amides is 2. The number of rotatable bonds is 3. The van der Waals surface area contributed by atoms with Crippen molar-refractivity contribution in [2.24, 2.45) is 5.92 Å². The fraction of sp³-hybridized carbons (Fsp3) is 0.737. The Morgan fingerprint density at radius 2 is 1.85 bits per heavy atom. The quantitative estimate of drug-likeness (QED) is 0.773. The van der Waals surface area contributed by atoms with E-state index in [1.807, 2.05) is 16.7 Å². The average Bonchev–Trinajstić information content (AvgIpc) is 3.16. The van der Waals surface area contributed by atoms with Gasteiger partial charge in [0.1, 0.15) is 0 Å². The first kappa shape index (κ1) is 18.7. The zero-order chi connectivity index (χ0) is 18.8. The lowest BCUT2D eigenvalue weighted by Gasteiger charge is -2.34. The first-order valence-electron chi connectivity index (χ1n) is 10.0. The van der Waals surface area contributed by atoms with E-state index in [-0.39, 0.29) is 17.7 Å². The van der Waals surface area contributed by atoms with Gasteiger partial charge in [0, 0.05) is 56.5 Å². The first-order valence-corrected chi connectivity index (χ1v) is 10.8. The highest BCUT2D eigenvalue weighted by molar-refractivity contribution is 7.15. The van der Waals surface area contributed by atoms with Gasteiger partial charge in [-0.05, 0) is 19.3 Å². The molecule has 0 radical (unpaired) electrons. The molecule has 2 saturated heterocycles. The highest BCUT2D eigenvalue weighted by atomic mass is 32.1. The lowest BCUT2D eigenvalue weighted by Crippen LogP contribution is -2.48. The largest absolute Gasteiger partial charge is 0.378 e. The maximum Gasteiger partial charge on any atom is 0.226 e. The Kier molecular flexibility index (Phi) is 5.63. The molecule has 2 fully saturated rings. The topological polar surface area (TPSA) is 66.0 Å². The van der Waals surface area contributed by atoms with Crippen LogP contribution in [0.25, 0.3) is 0 Å². The zero-order valence-corrected chi connectivity index (χ0v) is 16.8. The van der Waals surface area contributed by atoms with E-state index < -0.39 is 0 Å². The van der Waals surface area contributed by atoms with E-state index in [0.29, 0.717) is 19.6 Å². The minimum Gasteiger partial charge on any atom is -0.378 e. The summed E-state index contributed by atoms with van der Waals surface area (Å²) in [5.74, 6) is 0.603. The molecule has 3 heterocycles. The molecule has 3 aliphatic rings. The number of ether oxygens (including phenoxy) is 1. The number of carbonyl (C=O) groups is 2. The van der Waals surface area contributed by atoms with Crippen molar-refractivity contribution in [2.45, 2.75) is 32.6 Å². The number of aromatic nitrogens is 1. The van der Waals surface area contributed by atoms with Gasteiger partial charge in [-0.1, -0.05) is 6.92 Å². The first-order chi connectivity index (χ1) is 13.2. The van der Waals surface area contributed by atoms with Gasteiger partial charge in [-0.2, -0.15) is 0 Å². The second kappa shape index (κ2) is 8.14. The van der Waals surface area contributed by atoms with E-state index in [4.69, 9.17) is 9.72 Å². The summed E-state index contributed by atoms with van der Waals surface area (Å²) >= 11 is 1.74. The molecule has 0 aromatic carbocycles. The predicted octanol–water partition coefficient (Wildman–Crippen LogP) is 1.17. The predicted molar refractivity (Wildman–Crippen MR) is 104 cm³/mol. The molecule has 1 aromatic heterocycles. The summed E-state index contributed by atoms with van der Waals surface area (Å²) in [6.07, 6.45) is 3.17. The molecular weight excluding hydrogens is 364 g/mol. The molecule has 7 nitrogen and oxygen atoms in total. The maximum absolute atomic E-state index is 12.8. The Labute approximate surface area is 164 Å². The molecule has 148 valence electrons. The molecule has 0 unspecified atom stereocenters. The molecule has 1 aliphatic carbocycles. The molecule has 4 rings (SSSR count). The third-order valence-electron chi connectivity index (χ3n) is 5.81. The highest BCUT2D eigenvalue weighted by Crippen LogP contribution is 2.35. The van der Waals surface area contributed by atoms with Gasteiger partial charge in [-0.3, -0.25) is 9.59 Å². The van der Waals surface area contributed by atoms with Crippen molar-refractivity contribution >= 4 is 28.3 Å². The van der Waals surface area contributed by atoms with Gasteiger partial charge in [-0.25, -0.2) is 4.98 Å². The third-order valence-corrected chi connectivity index (χ3v) is 6.99. The van der Waals surface area contributed by atoms with Gasteiger partial charge in [0.05, 0.1) is 18.9 Å². The third kappa shape index (κ3) is 3.96. The Hall–Kier alpha value is -1.67. The summed E-state index contributed by atoms with van der Waals surface area (Å²) in [6, 6.07) is 0. The summed E-state index contributed by atoms with van der Waals surface area (Å²) in [5, 5.41) is 1.06. The van der Waals surface area contributed by atoms with Crippen molar-refractivity contribution in [3.05, 3.63) is 10.6 Å². The Bertz CT molecular complexity index is 693. The van der Waals surface area contributed by atoms with E-state index in [1.54, 1.807) is 11.3 Å². The monoisotopic (exact) mass is 392 g/mol. The standard InChI is InChI=1S/C19H28N4O3S/c1-2-17(24)21-5-7-23(8-6-21)19-20-15-4-3-14(13-16(15)27-19)18(25)22-9-11-26-12-10-22/h14H,2-13H2,1H3/t14-/m0/s1. The summed E-state index contributed by atoms with van der Waals surface area (Å²) in [7, 11) is 0. The molecule has 0 saturated carbocycles. The lowest BCUT2D eigenvalue weighted by atomic mass is 9.90. The Balaban J connectivity index is 1.37. The second-order valence-corrected chi connectivity index (χ2v) is 8.53. The molecule has 2 aliphatic heterocycles. The molecule has 1 atom stereocenters. The number of anilines is 1. The van der Waals surface area contributed by atoms with Crippen molar-refractivity contribution in [2.75, 3.05) is 57.4 Å². The molecule has 0 bridgehead atoms. The van der Waals surface area contributed by atoms with Crippen LogP contribution in [-0.4, -0.2) is 79.1 Å². The summed E-state index contributed by atoms with van der Waals surface area (Å²) in [4.78, 5) is 37.0. The van der Waals surface area contributed by atoms with Gasteiger partial charge in [0.25, 0.3) is 0 Å². The van der Waals surface area contributed by atoms with Gasteiger partial charge in [0.2, 0.25) is 11.8 Å². The van der Waals surface area contributed by atoms with Gasteiger partial charge >= 0.3 is 0 Å². The lowest BCUT2D eigenvalue weighted by molar-refractivity contribution is -0.140. The van der Waals surface area contributed by atoms with E-state index >= 15 is 0 Å². The van der Waals surface area contributed by atoms with Crippen LogP contribution in [0.2, 0.25) is 0 Å². The van der Waals surface area contributed by atoms with E-state index in [0.717, 1.165) is 63.7 Å². The second-order valence-electron chi connectivity index (χ2n) is 7.47. The molecular formula is C19H28N4O3S.